The van der Waals surface area contributed by atoms with Crippen LogP contribution in [0.2, 0.25) is 0 Å². The van der Waals surface area contributed by atoms with Crippen molar-refractivity contribution in [3.8, 4) is 17.0 Å². The van der Waals surface area contributed by atoms with Crippen LogP contribution in [0.25, 0.3) is 11.3 Å². The van der Waals surface area contributed by atoms with Crippen molar-refractivity contribution in [2.45, 2.75) is 6.92 Å². The van der Waals surface area contributed by atoms with Gasteiger partial charge < -0.3 is 20.1 Å². The molecule has 0 aliphatic heterocycles. The number of halogens is 1. The van der Waals surface area contributed by atoms with Crippen LogP contribution in [0.5, 0.6) is 5.75 Å². The van der Waals surface area contributed by atoms with Crippen LogP contribution in [0.3, 0.4) is 0 Å². The Morgan fingerprint density at radius 2 is 2.00 bits per heavy atom. The Morgan fingerprint density at radius 3 is 2.64 bits per heavy atom. The fraction of sp³-hybridized carbons (Fsp3) is 0.353. The first-order valence-electron chi connectivity index (χ1n) is 7.62. The second-order valence-electron chi connectivity index (χ2n) is 5.57. The lowest BCUT2D eigenvalue weighted by molar-refractivity contribution is 0.0827. The molecule has 0 atom stereocenters. The number of anilines is 1. The van der Waals surface area contributed by atoms with Gasteiger partial charge in [0.05, 0.1) is 23.6 Å². The molecule has 1 heterocycles. The molecule has 0 fully saturated rings. The molecular weight excluding hydrogens is 388 g/mol. The number of benzene rings is 1. The van der Waals surface area contributed by atoms with E-state index in [2.05, 4.69) is 25.9 Å². The second-order valence-corrected chi connectivity index (χ2v) is 6.49. The Hall–Kier alpha value is -2.19. The third kappa shape index (κ3) is 4.46. The predicted molar refractivity (Wildman–Crippen MR) is 99.7 cm³/mol. The molecular formula is C17H21BrN4O3. The van der Waals surface area contributed by atoms with Crippen molar-refractivity contribution in [2.75, 3.05) is 40.2 Å². The minimum atomic E-state index is -0.199. The standard InChI is InChI=1S/C17H21BrN4O3/c1-10-14(16(23)22(2)3)15(21-17(19)20-10)12-9-11(18)5-6-13(12)25-8-7-24-4/h5-6,9H,7-8H2,1-4H3,(H2,19,20,21). The largest absolute Gasteiger partial charge is 0.490 e. The van der Waals surface area contributed by atoms with Gasteiger partial charge in [0.25, 0.3) is 5.91 Å². The van der Waals surface area contributed by atoms with Gasteiger partial charge in [0.2, 0.25) is 5.95 Å². The van der Waals surface area contributed by atoms with Gasteiger partial charge >= 0.3 is 0 Å². The first-order chi connectivity index (χ1) is 11.8. The number of aromatic nitrogens is 2. The molecule has 1 amide bonds. The van der Waals surface area contributed by atoms with Gasteiger partial charge in [-0.25, -0.2) is 9.97 Å². The highest BCUT2D eigenvalue weighted by Crippen LogP contribution is 2.35. The Kier molecular flexibility index (Phi) is 6.33. The normalized spacial score (nSPS) is 10.6. The molecule has 7 nitrogen and oxygen atoms in total. The van der Waals surface area contributed by atoms with Crippen LogP contribution in [0.4, 0.5) is 5.95 Å². The summed E-state index contributed by atoms with van der Waals surface area (Å²) >= 11 is 3.45. The number of amides is 1. The maximum atomic E-state index is 12.7. The number of methoxy groups -OCH3 is 1. The van der Waals surface area contributed by atoms with E-state index in [1.165, 1.54) is 4.90 Å². The van der Waals surface area contributed by atoms with Crippen LogP contribution in [-0.4, -0.2) is 55.2 Å². The second kappa shape index (κ2) is 8.26. The summed E-state index contributed by atoms with van der Waals surface area (Å²) < 4.78 is 11.6. The Labute approximate surface area is 155 Å². The van der Waals surface area contributed by atoms with Gasteiger partial charge in [0.15, 0.2) is 0 Å². The molecule has 0 unspecified atom stereocenters. The number of hydrogen-bond donors (Lipinski definition) is 1. The van der Waals surface area contributed by atoms with E-state index in [9.17, 15) is 4.79 Å². The lowest BCUT2D eigenvalue weighted by Crippen LogP contribution is -2.24. The summed E-state index contributed by atoms with van der Waals surface area (Å²) in [4.78, 5) is 22.6. The molecule has 134 valence electrons. The summed E-state index contributed by atoms with van der Waals surface area (Å²) in [6.07, 6.45) is 0. The van der Waals surface area contributed by atoms with E-state index in [0.29, 0.717) is 41.5 Å². The molecule has 0 aliphatic carbocycles. The average molecular weight is 409 g/mol. The molecule has 2 N–H and O–H groups in total. The van der Waals surface area contributed by atoms with Crippen LogP contribution in [-0.2, 0) is 4.74 Å². The first kappa shape index (κ1) is 19.1. The third-order valence-corrected chi connectivity index (χ3v) is 3.96. The van der Waals surface area contributed by atoms with E-state index >= 15 is 0 Å². The van der Waals surface area contributed by atoms with E-state index < -0.39 is 0 Å². The molecule has 0 radical (unpaired) electrons. The molecule has 1 aromatic heterocycles. The zero-order valence-corrected chi connectivity index (χ0v) is 16.3. The number of hydrogen-bond acceptors (Lipinski definition) is 6. The van der Waals surface area contributed by atoms with E-state index in [1.54, 1.807) is 28.1 Å². The van der Waals surface area contributed by atoms with E-state index in [1.807, 2.05) is 18.2 Å². The lowest BCUT2D eigenvalue weighted by atomic mass is 10.0. The van der Waals surface area contributed by atoms with E-state index in [0.717, 1.165) is 4.47 Å². The number of rotatable bonds is 6. The van der Waals surface area contributed by atoms with Crippen LogP contribution < -0.4 is 10.5 Å². The summed E-state index contributed by atoms with van der Waals surface area (Å²) in [7, 11) is 4.96. The minimum absolute atomic E-state index is 0.102. The maximum absolute atomic E-state index is 12.7. The summed E-state index contributed by atoms with van der Waals surface area (Å²) in [5, 5.41) is 0. The molecule has 0 saturated heterocycles. The summed E-state index contributed by atoms with van der Waals surface area (Å²) in [6, 6.07) is 5.51. The highest BCUT2D eigenvalue weighted by molar-refractivity contribution is 9.10. The molecule has 0 aliphatic rings. The van der Waals surface area contributed by atoms with Crippen LogP contribution in [0.15, 0.2) is 22.7 Å². The number of nitrogen functional groups attached to an aromatic ring is 1. The Balaban J connectivity index is 2.64. The average Bonchev–Trinajstić information content (AvgIpc) is 2.55. The number of nitrogens with two attached hydrogens (primary N) is 1. The number of ether oxygens (including phenoxy) is 2. The number of carbonyl (C=O) groups is 1. The smallest absolute Gasteiger partial charge is 0.257 e. The molecule has 0 bridgehead atoms. The van der Waals surface area contributed by atoms with Gasteiger partial charge in [0, 0.05) is 31.2 Å². The van der Waals surface area contributed by atoms with Crippen LogP contribution >= 0.6 is 15.9 Å². The van der Waals surface area contributed by atoms with Crippen molar-refractivity contribution in [3.63, 3.8) is 0 Å². The third-order valence-electron chi connectivity index (χ3n) is 3.47. The first-order valence-corrected chi connectivity index (χ1v) is 8.41. The van der Waals surface area contributed by atoms with Crippen molar-refractivity contribution in [2.24, 2.45) is 0 Å². The summed E-state index contributed by atoms with van der Waals surface area (Å²) in [5.74, 6) is 0.492. The van der Waals surface area contributed by atoms with E-state index in [4.69, 9.17) is 15.2 Å². The highest BCUT2D eigenvalue weighted by atomic mass is 79.9. The molecule has 25 heavy (non-hydrogen) atoms. The topological polar surface area (TPSA) is 90.6 Å². The van der Waals surface area contributed by atoms with Crippen molar-refractivity contribution < 1.29 is 14.3 Å². The van der Waals surface area contributed by atoms with Gasteiger partial charge in [-0.3, -0.25) is 4.79 Å². The molecule has 8 heteroatoms. The van der Waals surface area contributed by atoms with Gasteiger partial charge in [-0.2, -0.15) is 0 Å². The molecule has 0 saturated carbocycles. The van der Waals surface area contributed by atoms with Crippen LogP contribution in [0, 0.1) is 6.92 Å². The van der Waals surface area contributed by atoms with Crippen molar-refractivity contribution in [1.29, 1.82) is 0 Å². The SMILES string of the molecule is COCCOc1ccc(Br)cc1-c1nc(N)nc(C)c1C(=O)N(C)C. The summed E-state index contributed by atoms with van der Waals surface area (Å²) in [5.41, 5.74) is 7.85. The van der Waals surface area contributed by atoms with Gasteiger partial charge in [0.1, 0.15) is 12.4 Å². The lowest BCUT2D eigenvalue weighted by Gasteiger charge is -2.18. The molecule has 2 rings (SSSR count). The zero-order chi connectivity index (χ0) is 18.6. The number of carbonyl (C=O) groups excluding carboxylic acids is 1. The summed E-state index contributed by atoms with van der Waals surface area (Å²) in [6.45, 7) is 2.56. The Morgan fingerprint density at radius 1 is 1.28 bits per heavy atom. The number of nitrogens with zero attached hydrogens (tertiary/aromatic N) is 3. The van der Waals surface area contributed by atoms with Crippen LogP contribution in [0.1, 0.15) is 16.1 Å². The van der Waals surface area contributed by atoms with Gasteiger partial charge in [-0.1, -0.05) is 15.9 Å². The quantitative estimate of drug-likeness (QED) is 0.738. The molecule has 1 aromatic carbocycles. The predicted octanol–water partition coefficient (Wildman–Crippen LogP) is 2.52. The van der Waals surface area contributed by atoms with Crippen molar-refractivity contribution in [3.05, 3.63) is 33.9 Å². The maximum Gasteiger partial charge on any atom is 0.257 e. The van der Waals surface area contributed by atoms with Gasteiger partial charge in [-0.15, -0.1) is 0 Å². The van der Waals surface area contributed by atoms with Gasteiger partial charge in [-0.05, 0) is 25.1 Å². The molecule has 0 spiro atoms. The highest BCUT2D eigenvalue weighted by Gasteiger charge is 2.23. The van der Waals surface area contributed by atoms with Crippen molar-refractivity contribution >= 4 is 27.8 Å². The monoisotopic (exact) mass is 408 g/mol. The molecule has 2 aromatic rings. The fourth-order valence-corrected chi connectivity index (χ4v) is 2.68. The zero-order valence-electron chi connectivity index (χ0n) is 14.7. The van der Waals surface area contributed by atoms with Crippen molar-refractivity contribution in [1.82, 2.24) is 14.9 Å². The minimum Gasteiger partial charge on any atom is -0.490 e. The number of aryl methyl sites for hydroxylation is 1. The fourth-order valence-electron chi connectivity index (χ4n) is 2.32. The van der Waals surface area contributed by atoms with E-state index in [-0.39, 0.29) is 11.9 Å². The Bertz CT molecular complexity index is 781.